The fourth-order valence-corrected chi connectivity index (χ4v) is 2.50. The number of carbonyl (C=O) groups excluding carboxylic acids is 1. The molecule has 0 radical (unpaired) electrons. The van der Waals surface area contributed by atoms with Crippen LogP contribution in [-0.2, 0) is 0 Å². The van der Waals surface area contributed by atoms with E-state index < -0.39 is 5.97 Å². The van der Waals surface area contributed by atoms with Crippen molar-refractivity contribution in [2.45, 2.75) is 59.9 Å². The Labute approximate surface area is 126 Å². The highest BCUT2D eigenvalue weighted by Crippen LogP contribution is 2.18. The summed E-state index contributed by atoms with van der Waals surface area (Å²) in [4.78, 5) is 26.1. The first-order valence-electron chi connectivity index (χ1n) is 7.47. The Morgan fingerprint density at radius 1 is 1.19 bits per heavy atom. The number of carboxylic acid groups (broad SMARTS) is 1. The average Bonchev–Trinajstić information content (AvgIpc) is 2.64. The van der Waals surface area contributed by atoms with Crippen molar-refractivity contribution in [1.82, 2.24) is 10.3 Å². The number of aromatic carboxylic acids is 1. The zero-order valence-corrected chi connectivity index (χ0v) is 13.5. The molecule has 1 aromatic rings. The van der Waals surface area contributed by atoms with E-state index in [-0.39, 0.29) is 17.6 Å². The number of hydrogen-bond donors (Lipinski definition) is 3. The summed E-state index contributed by atoms with van der Waals surface area (Å²) in [6.07, 6.45) is 3.15. The molecule has 0 saturated heterocycles. The van der Waals surface area contributed by atoms with Crippen molar-refractivity contribution in [3.05, 3.63) is 22.5 Å². The van der Waals surface area contributed by atoms with Crippen LogP contribution in [0.1, 0.15) is 72.1 Å². The summed E-state index contributed by atoms with van der Waals surface area (Å²) in [5, 5.41) is 12.0. The van der Waals surface area contributed by atoms with E-state index in [1.54, 1.807) is 13.8 Å². The number of nitrogens with one attached hydrogen (secondary N) is 2. The largest absolute Gasteiger partial charge is 0.477 e. The predicted octanol–water partition coefficient (Wildman–Crippen LogP) is 3.27. The number of aromatic nitrogens is 1. The van der Waals surface area contributed by atoms with E-state index in [9.17, 15) is 9.59 Å². The van der Waals surface area contributed by atoms with Crippen LogP contribution in [0.2, 0.25) is 0 Å². The van der Waals surface area contributed by atoms with Crippen LogP contribution in [-0.4, -0.2) is 28.0 Å². The van der Waals surface area contributed by atoms with Gasteiger partial charge in [-0.15, -0.1) is 0 Å². The zero-order chi connectivity index (χ0) is 16.2. The minimum Gasteiger partial charge on any atom is -0.477 e. The average molecular weight is 294 g/mol. The van der Waals surface area contributed by atoms with Crippen LogP contribution in [0.4, 0.5) is 0 Å². The molecule has 0 aromatic carbocycles. The van der Waals surface area contributed by atoms with Gasteiger partial charge >= 0.3 is 5.97 Å². The molecule has 5 nitrogen and oxygen atoms in total. The SMILES string of the molecule is Cc1[nH]c(C(=O)O)c(C)c1C(=O)NC(C)CCCC(C)C. The Morgan fingerprint density at radius 2 is 1.81 bits per heavy atom. The summed E-state index contributed by atoms with van der Waals surface area (Å²) >= 11 is 0. The van der Waals surface area contributed by atoms with Crippen LogP contribution in [0, 0.1) is 19.8 Å². The molecule has 0 aliphatic carbocycles. The number of aromatic amines is 1. The number of carboxylic acids is 1. The van der Waals surface area contributed by atoms with E-state index in [1.165, 1.54) is 0 Å². The Bertz CT molecular complexity index is 518. The molecule has 3 N–H and O–H groups in total. The number of amides is 1. The van der Waals surface area contributed by atoms with Gasteiger partial charge in [0, 0.05) is 11.7 Å². The van der Waals surface area contributed by atoms with Crippen molar-refractivity contribution in [1.29, 1.82) is 0 Å². The molecule has 1 aromatic heterocycles. The maximum absolute atomic E-state index is 12.3. The smallest absolute Gasteiger partial charge is 0.352 e. The van der Waals surface area contributed by atoms with E-state index in [0.29, 0.717) is 22.7 Å². The Balaban J connectivity index is 2.70. The molecule has 1 unspecified atom stereocenters. The van der Waals surface area contributed by atoms with Crippen LogP contribution in [0.25, 0.3) is 0 Å². The van der Waals surface area contributed by atoms with Crippen LogP contribution in [0.15, 0.2) is 0 Å². The Kier molecular flexibility index (Phi) is 6.00. The van der Waals surface area contributed by atoms with Crippen molar-refractivity contribution < 1.29 is 14.7 Å². The molecule has 0 saturated carbocycles. The lowest BCUT2D eigenvalue weighted by Gasteiger charge is -2.15. The number of H-pyrrole nitrogens is 1. The van der Waals surface area contributed by atoms with Crippen LogP contribution in [0.3, 0.4) is 0 Å². The highest BCUT2D eigenvalue weighted by Gasteiger charge is 2.22. The van der Waals surface area contributed by atoms with Crippen molar-refractivity contribution in [2.75, 3.05) is 0 Å². The van der Waals surface area contributed by atoms with Gasteiger partial charge in [0.1, 0.15) is 5.69 Å². The maximum Gasteiger partial charge on any atom is 0.352 e. The standard InChI is InChI=1S/C16H26N2O3/c1-9(2)7-6-8-10(3)17-15(19)13-11(4)14(16(20)21)18-12(13)5/h9-10,18H,6-8H2,1-5H3,(H,17,19)(H,20,21). The monoisotopic (exact) mass is 294 g/mol. The van der Waals surface area contributed by atoms with Gasteiger partial charge in [0.25, 0.3) is 5.91 Å². The molecular weight excluding hydrogens is 268 g/mol. The van der Waals surface area contributed by atoms with Crippen molar-refractivity contribution >= 4 is 11.9 Å². The number of carbonyl (C=O) groups is 2. The second-order valence-electron chi connectivity index (χ2n) is 6.13. The first-order valence-corrected chi connectivity index (χ1v) is 7.47. The van der Waals surface area contributed by atoms with Crippen LogP contribution >= 0.6 is 0 Å². The van der Waals surface area contributed by atoms with Crippen molar-refractivity contribution in [2.24, 2.45) is 5.92 Å². The first-order chi connectivity index (χ1) is 9.73. The quantitative estimate of drug-likeness (QED) is 0.721. The molecule has 5 heteroatoms. The van der Waals surface area contributed by atoms with Gasteiger partial charge in [-0.1, -0.05) is 26.7 Å². The van der Waals surface area contributed by atoms with Gasteiger partial charge in [0.05, 0.1) is 5.56 Å². The van der Waals surface area contributed by atoms with Crippen LogP contribution in [0.5, 0.6) is 0 Å². The van der Waals surface area contributed by atoms with Gasteiger partial charge in [0.15, 0.2) is 0 Å². The molecule has 0 spiro atoms. The summed E-state index contributed by atoms with van der Waals surface area (Å²) in [6, 6.07) is 0.0817. The number of aryl methyl sites for hydroxylation is 1. The molecule has 1 atom stereocenters. The lowest BCUT2D eigenvalue weighted by Crippen LogP contribution is -2.33. The normalized spacial score (nSPS) is 12.5. The fourth-order valence-electron chi connectivity index (χ4n) is 2.50. The summed E-state index contributed by atoms with van der Waals surface area (Å²) in [5.41, 5.74) is 1.62. The molecule has 0 aliphatic heterocycles. The fraction of sp³-hybridized carbons (Fsp3) is 0.625. The number of rotatable bonds is 7. The second kappa shape index (κ2) is 7.29. The van der Waals surface area contributed by atoms with E-state index in [0.717, 1.165) is 19.3 Å². The van der Waals surface area contributed by atoms with E-state index >= 15 is 0 Å². The van der Waals surface area contributed by atoms with Gasteiger partial charge in [-0.05, 0) is 38.7 Å². The summed E-state index contributed by atoms with van der Waals surface area (Å²) in [6.45, 7) is 9.73. The van der Waals surface area contributed by atoms with Gasteiger partial charge in [0.2, 0.25) is 0 Å². The van der Waals surface area contributed by atoms with Gasteiger partial charge in [-0.25, -0.2) is 4.79 Å². The maximum atomic E-state index is 12.3. The van der Waals surface area contributed by atoms with Crippen LogP contribution < -0.4 is 5.32 Å². The minimum atomic E-state index is -1.04. The molecular formula is C16H26N2O3. The molecule has 0 fully saturated rings. The van der Waals surface area contributed by atoms with Crippen molar-refractivity contribution in [3.63, 3.8) is 0 Å². The van der Waals surface area contributed by atoms with Gasteiger partial charge < -0.3 is 15.4 Å². The molecule has 0 bridgehead atoms. The van der Waals surface area contributed by atoms with Crippen molar-refractivity contribution in [3.8, 4) is 0 Å². The minimum absolute atomic E-state index is 0.0817. The van der Waals surface area contributed by atoms with E-state index in [2.05, 4.69) is 24.1 Å². The summed E-state index contributed by atoms with van der Waals surface area (Å²) in [7, 11) is 0. The zero-order valence-electron chi connectivity index (χ0n) is 13.5. The highest BCUT2D eigenvalue weighted by atomic mass is 16.4. The highest BCUT2D eigenvalue weighted by molar-refractivity contribution is 6.00. The van der Waals surface area contributed by atoms with Gasteiger partial charge in [-0.2, -0.15) is 0 Å². The third-order valence-corrected chi connectivity index (χ3v) is 3.67. The lowest BCUT2D eigenvalue weighted by molar-refractivity contribution is 0.0690. The van der Waals surface area contributed by atoms with E-state index in [4.69, 9.17) is 5.11 Å². The third kappa shape index (κ3) is 4.62. The lowest BCUT2D eigenvalue weighted by atomic mass is 10.0. The number of hydrogen-bond acceptors (Lipinski definition) is 2. The third-order valence-electron chi connectivity index (χ3n) is 3.67. The molecule has 118 valence electrons. The topological polar surface area (TPSA) is 82.2 Å². The molecule has 0 aliphatic rings. The molecule has 21 heavy (non-hydrogen) atoms. The predicted molar refractivity (Wildman–Crippen MR) is 82.8 cm³/mol. The molecule has 1 rings (SSSR count). The summed E-state index contributed by atoms with van der Waals surface area (Å²) < 4.78 is 0. The van der Waals surface area contributed by atoms with Gasteiger partial charge in [-0.3, -0.25) is 4.79 Å². The Hall–Kier alpha value is -1.78. The summed E-state index contributed by atoms with van der Waals surface area (Å²) in [5.74, 6) is -0.578. The Morgan fingerprint density at radius 3 is 2.29 bits per heavy atom. The first kappa shape index (κ1) is 17.3. The molecule has 1 heterocycles. The molecule has 1 amide bonds. The second-order valence-corrected chi connectivity index (χ2v) is 6.13. The van der Waals surface area contributed by atoms with E-state index in [1.807, 2.05) is 6.92 Å².